The first-order valence-electron chi connectivity index (χ1n) is 5.56. The van der Waals surface area contributed by atoms with Crippen LogP contribution in [0.25, 0.3) is 10.6 Å². The summed E-state index contributed by atoms with van der Waals surface area (Å²) in [4.78, 5) is 4.63. The maximum atomic E-state index is 9.37. The van der Waals surface area contributed by atoms with Gasteiger partial charge in [-0.15, -0.1) is 11.3 Å². The molecule has 0 aliphatic heterocycles. The van der Waals surface area contributed by atoms with Crippen LogP contribution in [0.5, 0.6) is 0 Å². The summed E-state index contributed by atoms with van der Waals surface area (Å²) in [5, 5.41) is 13.2. The molecule has 17 heavy (non-hydrogen) atoms. The molecule has 1 aromatic heterocycles. The monoisotopic (exact) mass is 265 g/mol. The van der Waals surface area contributed by atoms with Gasteiger partial charge in [0.25, 0.3) is 0 Å². The molecule has 1 aromatic carbocycles. The molecule has 1 N–H and O–H groups in total. The van der Waals surface area contributed by atoms with Crippen LogP contribution in [0.15, 0.2) is 29.6 Å². The van der Waals surface area contributed by atoms with Crippen molar-refractivity contribution in [3.63, 3.8) is 0 Å². The minimum Gasteiger partial charge on any atom is -0.395 e. The Morgan fingerprint density at radius 2 is 2.00 bits per heavy atom. The molecule has 0 unspecified atom stereocenters. The van der Waals surface area contributed by atoms with Gasteiger partial charge in [-0.05, 0) is 25.0 Å². The summed E-state index contributed by atoms with van der Waals surface area (Å²) in [5.41, 5.74) is 2.08. The van der Waals surface area contributed by atoms with E-state index in [4.69, 9.17) is 11.6 Å². The first-order chi connectivity index (χ1) is 8.23. The zero-order valence-corrected chi connectivity index (χ0v) is 10.8. The number of nitrogens with zero attached hydrogens (tertiary/aromatic N) is 1. The Labute approximate surface area is 109 Å². The van der Waals surface area contributed by atoms with Gasteiger partial charge < -0.3 is 5.11 Å². The van der Waals surface area contributed by atoms with Gasteiger partial charge in [0.1, 0.15) is 5.01 Å². The van der Waals surface area contributed by atoms with Crippen LogP contribution in [0, 0.1) is 0 Å². The van der Waals surface area contributed by atoms with Crippen molar-refractivity contribution >= 4 is 22.9 Å². The van der Waals surface area contributed by atoms with Crippen LogP contribution in [-0.4, -0.2) is 16.7 Å². The molecule has 1 aliphatic carbocycles. The summed E-state index contributed by atoms with van der Waals surface area (Å²) in [7, 11) is 0. The van der Waals surface area contributed by atoms with Gasteiger partial charge in [0.15, 0.2) is 0 Å². The van der Waals surface area contributed by atoms with Crippen LogP contribution < -0.4 is 0 Å². The fourth-order valence-electron chi connectivity index (χ4n) is 1.89. The average molecular weight is 266 g/mol. The molecule has 1 saturated carbocycles. The van der Waals surface area contributed by atoms with Gasteiger partial charge in [-0.2, -0.15) is 0 Å². The molecule has 88 valence electrons. The summed E-state index contributed by atoms with van der Waals surface area (Å²) in [6.45, 7) is 0.205. The highest BCUT2D eigenvalue weighted by Crippen LogP contribution is 2.48. The molecule has 0 amide bonds. The van der Waals surface area contributed by atoms with Crippen LogP contribution in [0.1, 0.15) is 18.5 Å². The minimum absolute atomic E-state index is 0.0405. The third-order valence-electron chi connectivity index (χ3n) is 3.29. The van der Waals surface area contributed by atoms with Crippen molar-refractivity contribution in [2.45, 2.75) is 18.3 Å². The van der Waals surface area contributed by atoms with Crippen molar-refractivity contribution in [2.75, 3.05) is 6.61 Å². The summed E-state index contributed by atoms with van der Waals surface area (Å²) in [6, 6.07) is 7.70. The third-order valence-corrected chi connectivity index (χ3v) is 4.44. The average Bonchev–Trinajstić information content (AvgIpc) is 3.00. The van der Waals surface area contributed by atoms with Crippen molar-refractivity contribution in [3.8, 4) is 10.6 Å². The van der Waals surface area contributed by atoms with Gasteiger partial charge in [0.05, 0.1) is 12.3 Å². The predicted octanol–water partition coefficient (Wildman–Crippen LogP) is 3.49. The molecule has 1 fully saturated rings. The van der Waals surface area contributed by atoms with Crippen LogP contribution in [-0.2, 0) is 5.41 Å². The van der Waals surface area contributed by atoms with E-state index >= 15 is 0 Å². The van der Waals surface area contributed by atoms with Crippen molar-refractivity contribution in [1.29, 1.82) is 0 Å². The first-order valence-corrected chi connectivity index (χ1v) is 6.82. The van der Waals surface area contributed by atoms with E-state index in [0.29, 0.717) is 0 Å². The van der Waals surface area contributed by atoms with Gasteiger partial charge in [0.2, 0.25) is 0 Å². The highest BCUT2D eigenvalue weighted by molar-refractivity contribution is 7.13. The maximum absolute atomic E-state index is 9.37. The molecule has 0 saturated heterocycles. The fourth-order valence-corrected chi connectivity index (χ4v) is 2.96. The summed E-state index contributed by atoms with van der Waals surface area (Å²) < 4.78 is 0. The lowest BCUT2D eigenvalue weighted by Crippen LogP contribution is -2.11. The van der Waals surface area contributed by atoms with Crippen LogP contribution >= 0.6 is 22.9 Å². The number of hydrogen-bond donors (Lipinski definition) is 1. The van der Waals surface area contributed by atoms with Crippen LogP contribution in [0.3, 0.4) is 0 Å². The summed E-state index contributed by atoms with van der Waals surface area (Å²) >= 11 is 7.48. The summed E-state index contributed by atoms with van der Waals surface area (Å²) in [5.74, 6) is 0. The Kier molecular flexibility index (Phi) is 2.69. The number of aliphatic hydroxyl groups excluding tert-OH is 1. The molecule has 0 bridgehead atoms. The highest BCUT2D eigenvalue weighted by atomic mass is 35.5. The molecule has 2 nitrogen and oxygen atoms in total. The smallest absolute Gasteiger partial charge is 0.123 e. The van der Waals surface area contributed by atoms with Crippen molar-refractivity contribution in [2.24, 2.45) is 0 Å². The Bertz CT molecular complexity index is 531. The van der Waals surface area contributed by atoms with Crippen molar-refractivity contribution in [3.05, 3.63) is 40.4 Å². The molecule has 0 spiro atoms. The molecule has 1 heterocycles. The Balaban J connectivity index is 1.92. The topological polar surface area (TPSA) is 33.1 Å². The van der Waals surface area contributed by atoms with Crippen molar-refractivity contribution < 1.29 is 5.11 Å². The van der Waals surface area contributed by atoms with E-state index in [-0.39, 0.29) is 12.0 Å². The Hall–Kier alpha value is -0.900. The molecule has 0 atom stereocenters. The second-order valence-electron chi connectivity index (χ2n) is 4.48. The molecule has 4 heteroatoms. The number of halogens is 1. The zero-order chi connectivity index (χ0) is 11.9. The van der Waals surface area contributed by atoms with E-state index < -0.39 is 0 Å². The van der Waals surface area contributed by atoms with E-state index in [2.05, 4.69) is 10.4 Å². The molecule has 2 aromatic rings. The van der Waals surface area contributed by atoms with Gasteiger partial charge in [-0.1, -0.05) is 23.7 Å². The van der Waals surface area contributed by atoms with Gasteiger partial charge in [-0.25, -0.2) is 4.98 Å². The predicted molar refractivity (Wildman–Crippen MR) is 70.6 cm³/mol. The molecular formula is C13H12ClNOS. The van der Waals surface area contributed by atoms with Gasteiger partial charge in [-0.3, -0.25) is 0 Å². The van der Waals surface area contributed by atoms with E-state index in [1.165, 1.54) is 0 Å². The lowest BCUT2D eigenvalue weighted by atomic mass is 10.1. The molecular weight excluding hydrogens is 254 g/mol. The number of thiazole rings is 1. The number of hydrogen-bond acceptors (Lipinski definition) is 3. The fraction of sp³-hybridized carbons (Fsp3) is 0.308. The van der Waals surface area contributed by atoms with Crippen LogP contribution in [0.2, 0.25) is 5.02 Å². The minimum atomic E-state index is -0.0405. The second-order valence-corrected chi connectivity index (χ2v) is 5.78. The molecule has 3 rings (SSSR count). The van der Waals surface area contributed by atoms with Gasteiger partial charge in [0, 0.05) is 21.4 Å². The van der Waals surface area contributed by atoms with E-state index in [1.807, 2.05) is 24.3 Å². The summed E-state index contributed by atoms with van der Waals surface area (Å²) in [6.07, 6.45) is 2.10. The number of rotatable bonds is 3. The normalized spacial score (nSPS) is 17.1. The van der Waals surface area contributed by atoms with Crippen LogP contribution in [0.4, 0.5) is 0 Å². The lowest BCUT2D eigenvalue weighted by molar-refractivity contribution is 0.253. The SMILES string of the molecule is OCC1(c2csc(-c3ccc(Cl)cc3)n2)CC1. The maximum Gasteiger partial charge on any atom is 0.123 e. The van der Waals surface area contributed by atoms with E-state index in [0.717, 1.165) is 34.1 Å². The first kappa shape index (κ1) is 11.2. The quantitative estimate of drug-likeness (QED) is 0.922. The number of benzene rings is 1. The molecule has 0 radical (unpaired) electrons. The van der Waals surface area contributed by atoms with Crippen molar-refractivity contribution in [1.82, 2.24) is 4.98 Å². The zero-order valence-electron chi connectivity index (χ0n) is 9.19. The largest absolute Gasteiger partial charge is 0.395 e. The number of aromatic nitrogens is 1. The van der Waals surface area contributed by atoms with E-state index in [9.17, 15) is 5.11 Å². The highest BCUT2D eigenvalue weighted by Gasteiger charge is 2.45. The lowest BCUT2D eigenvalue weighted by Gasteiger charge is -2.06. The standard InChI is InChI=1S/C13H12ClNOS/c14-10-3-1-9(2-4-10)12-15-11(7-17-12)13(8-16)5-6-13/h1-4,7,16H,5-6,8H2. The molecule has 1 aliphatic rings. The Morgan fingerprint density at radius 1 is 1.29 bits per heavy atom. The van der Waals surface area contributed by atoms with Gasteiger partial charge >= 0.3 is 0 Å². The Morgan fingerprint density at radius 3 is 2.59 bits per heavy atom. The second kappa shape index (κ2) is 4.09. The van der Waals surface area contributed by atoms with E-state index in [1.54, 1.807) is 11.3 Å². The number of aliphatic hydroxyl groups is 1. The third kappa shape index (κ3) is 1.99.